The number of carbonyl (C=O) groups excluding carboxylic acids is 1. The molecule has 0 spiro atoms. The van der Waals surface area contributed by atoms with Gasteiger partial charge in [0.1, 0.15) is 6.29 Å². The molecule has 0 fully saturated rings. The van der Waals surface area contributed by atoms with Crippen LogP contribution < -0.4 is 4.72 Å². The second-order valence-electron chi connectivity index (χ2n) is 6.12. The van der Waals surface area contributed by atoms with Crippen molar-refractivity contribution in [2.24, 2.45) is 0 Å². The van der Waals surface area contributed by atoms with Crippen LogP contribution in [0.15, 0.2) is 41.3 Å². The molecule has 3 rings (SSSR count). The van der Waals surface area contributed by atoms with Gasteiger partial charge in [-0.25, -0.2) is 13.1 Å². The van der Waals surface area contributed by atoms with E-state index in [1.165, 1.54) is 12.1 Å². The van der Waals surface area contributed by atoms with Crippen molar-refractivity contribution in [3.63, 3.8) is 0 Å². The average molecular weight is 364 g/mol. The number of fused-ring (bicyclic) bond motifs is 1. The summed E-state index contributed by atoms with van der Waals surface area (Å²) in [6.07, 6.45) is 2.83. The van der Waals surface area contributed by atoms with E-state index >= 15 is 0 Å². The lowest BCUT2D eigenvalue weighted by Crippen LogP contribution is -2.39. The Bertz CT molecular complexity index is 876. The van der Waals surface area contributed by atoms with Gasteiger partial charge in [-0.2, -0.15) is 0 Å². The van der Waals surface area contributed by atoms with Gasteiger partial charge >= 0.3 is 0 Å². The van der Waals surface area contributed by atoms with Crippen molar-refractivity contribution in [3.8, 4) is 0 Å². The summed E-state index contributed by atoms with van der Waals surface area (Å²) in [5.74, 6) is 0. The fourth-order valence-electron chi connectivity index (χ4n) is 3.20. The predicted octanol–water partition coefficient (Wildman–Crippen LogP) is 3.30. The van der Waals surface area contributed by atoms with Crippen molar-refractivity contribution in [1.82, 2.24) is 4.72 Å². The second kappa shape index (κ2) is 6.67. The number of hydrogen-bond donors (Lipinski definition) is 1. The largest absolute Gasteiger partial charge is 0.298 e. The Morgan fingerprint density at radius 2 is 1.92 bits per heavy atom. The number of aldehydes is 1. The van der Waals surface area contributed by atoms with Gasteiger partial charge in [-0.3, -0.25) is 4.79 Å². The van der Waals surface area contributed by atoms with Crippen LogP contribution >= 0.6 is 11.6 Å². The molecule has 0 heterocycles. The van der Waals surface area contributed by atoms with Gasteiger partial charge in [0.15, 0.2) is 0 Å². The highest BCUT2D eigenvalue weighted by molar-refractivity contribution is 7.89. The van der Waals surface area contributed by atoms with Crippen molar-refractivity contribution in [2.45, 2.75) is 37.1 Å². The maximum Gasteiger partial charge on any atom is 0.240 e. The molecule has 0 bridgehead atoms. The summed E-state index contributed by atoms with van der Waals surface area (Å²) in [7, 11) is -3.58. The van der Waals surface area contributed by atoms with Gasteiger partial charge in [0.05, 0.1) is 4.90 Å². The third kappa shape index (κ3) is 3.53. The van der Waals surface area contributed by atoms with Crippen LogP contribution in [0, 0.1) is 6.92 Å². The molecule has 2 aromatic rings. The number of carbonyl (C=O) groups is 1. The molecular weight excluding hydrogens is 346 g/mol. The lowest BCUT2D eigenvalue weighted by molar-refractivity contribution is 0.112. The van der Waals surface area contributed by atoms with E-state index in [9.17, 15) is 13.2 Å². The Kier molecular flexibility index (Phi) is 4.76. The Balaban J connectivity index is 1.82. The standard InChI is InChI=1S/C18H18ClNO3S/c1-12-8-13-10-16(4-7-18(13)14(9-12)11-21)20-24(22,23)17-5-2-15(19)3-6-17/h2-3,5-6,8-9,11,16,20H,4,7,10H2,1H3. The van der Waals surface area contributed by atoms with Crippen LogP contribution in [-0.2, 0) is 22.9 Å². The molecule has 1 unspecified atom stereocenters. The van der Waals surface area contributed by atoms with Crippen LogP contribution in [0.25, 0.3) is 0 Å². The molecule has 0 aromatic heterocycles. The Morgan fingerprint density at radius 3 is 2.58 bits per heavy atom. The fourth-order valence-corrected chi connectivity index (χ4v) is 4.60. The van der Waals surface area contributed by atoms with Gasteiger partial charge in [-0.15, -0.1) is 0 Å². The van der Waals surface area contributed by atoms with Gasteiger partial charge in [0.25, 0.3) is 0 Å². The molecule has 1 N–H and O–H groups in total. The summed E-state index contributed by atoms with van der Waals surface area (Å²) >= 11 is 5.81. The highest BCUT2D eigenvalue weighted by atomic mass is 35.5. The number of nitrogens with one attached hydrogen (secondary N) is 1. The summed E-state index contributed by atoms with van der Waals surface area (Å²) in [6.45, 7) is 1.94. The highest BCUT2D eigenvalue weighted by Crippen LogP contribution is 2.26. The molecule has 1 aliphatic carbocycles. The summed E-state index contributed by atoms with van der Waals surface area (Å²) < 4.78 is 27.8. The summed E-state index contributed by atoms with van der Waals surface area (Å²) in [4.78, 5) is 11.4. The lowest BCUT2D eigenvalue weighted by atomic mass is 9.85. The van der Waals surface area contributed by atoms with E-state index in [4.69, 9.17) is 11.6 Å². The number of sulfonamides is 1. The molecule has 1 atom stereocenters. The van der Waals surface area contributed by atoms with E-state index in [1.807, 2.05) is 19.1 Å². The van der Waals surface area contributed by atoms with Gasteiger partial charge in [0.2, 0.25) is 10.0 Å². The number of rotatable bonds is 4. The first-order chi connectivity index (χ1) is 11.4. The van der Waals surface area contributed by atoms with E-state index in [1.54, 1.807) is 12.1 Å². The Hall–Kier alpha value is -1.69. The van der Waals surface area contributed by atoms with Crippen molar-refractivity contribution < 1.29 is 13.2 Å². The minimum absolute atomic E-state index is 0.181. The van der Waals surface area contributed by atoms with Gasteiger partial charge < -0.3 is 0 Å². The van der Waals surface area contributed by atoms with Crippen molar-refractivity contribution in [3.05, 3.63) is 63.7 Å². The SMILES string of the molecule is Cc1cc(C=O)c2c(c1)CC(NS(=O)(=O)c1ccc(Cl)cc1)CC2. The summed E-state index contributed by atoms with van der Waals surface area (Å²) in [6, 6.07) is 9.85. The third-order valence-corrected chi connectivity index (χ3v) is 6.09. The fraction of sp³-hybridized carbons (Fsp3) is 0.278. The maximum absolute atomic E-state index is 12.5. The van der Waals surface area contributed by atoms with Crippen LogP contribution in [0.3, 0.4) is 0 Å². The van der Waals surface area contributed by atoms with E-state index in [0.717, 1.165) is 23.0 Å². The van der Waals surface area contributed by atoms with Gasteiger partial charge in [-0.05, 0) is 67.6 Å². The number of aryl methyl sites for hydroxylation is 1. The number of halogens is 1. The zero-order valence-corrected chi connectivity index (χ0v) is 14.8. The molecule has 0 saturated heterocycles. The van der Waals surface area contributed by atoms with E-state index in [2.05, 4.69) is 4.72 Å². The number of hydrogen-bond acceptors (Lipinski definition) is 3. The van der Waals surface area contributed by atoms with Crippen LogP contribution in [0.5, 0.6) is 0 Å². The molecular formula is C18H18ClNO3S. The Labute approximate surface area is 146 Å². The summed E-state index contributed by atoms with van der Waals surface area (Å²) in [5.41, 5.74) is 3.81. The first kappa shape index (κ1) is 17.1. The van der Waals surface area contributed by atoms with Crippen molar-refractivity contribution in [2.75, 3.05) is 0 Å². The minimum Gasteiger partial charge on any atom is -0.298 e. The van der Waals surface area contributed by atoms with E-state index in [-0.39, 0.29) is 10.9 Å². The molecule has 0 radical (unpaired) electrons. The Morgan fingerprint density at radius 1 is 1.21 bits per heavy atom. The van der Waals surface area contributed by atoms with Crippen LogP contribution in [-0.4, -0.2) is 20.7 Å². The molecule has 1 aliphatic rings. The molecule has 4 nitrogen and oxygen atoms in total. The normalized spacial score (nSPS) is 17.3. The molecule has 24 heavy (non-hydrogen) atoms. The zero-order chi connectivity index (χ0) is 17.3. The predicted molar refractivity (Wildman–Crippen MR) is 94.2 cm³/mol. The van der Waals surface area contributed by atoms with Crippen LogP contribution in [0.1, 0.15) is 33.5 Å². The first-order valence-electron chi connectivity index (χ1n) is 7.74. The van der Waals surface area contributed by atoms with Crippen LogP contribution in [0.2, 0.25) is 5.02 Å². The first-order valence-corrected chi connectivity index (χ1v) is 9.60. The van der Waals surface area contributed by atoms with Gasteiger partial charge in [-0.1, -0.05) is 23.2 Å². The monoisotopic (exact) mass is 363 g/mol. The summed E-state index contributed by atoms with van der Waals surface area (Å²) in [5, 5.41) is 0.498. The van der Waals surface area contributed by atoms with Gasteiger partial charge in [0, 0.05) is 16.6 Å². The zero-order valence-electron chi connectivity index (χ0n) is 13.3. The maximum atomic E-state index is 12.5. The third-order valence-electron chi connectivity index (χ3n) is 4.30. The number of benzene rings is 2. The van der Waals surface area contributed by atoms with Crippen molar-refractivity contribution >= 4 is 27.9 Å². The smallest absolute Gasteiger partial charge is 0.240 e. The van der Waals surface area contributed by atoms with E-state index < -0.39 is 10.0 Å². The minimum atomic E-state index is -3.58. The van der Waals surface area contributed by atoms with Crippen molar-refractivity contribution in [1.29, 1.82) is 0 Å². The second-order valence-corrected chi connectivity index (χ2v) is 8.28. The molecule has 0 aliphatic heterocycles. The molecule has 0 amide bonds. The van der Waals surface area contributed by atoms with E-state index in [0.29, 0.717) is 29.8 Å². The molecule has 0 saturated carbocycles. The highest BCUT2D eigenvalue weighted by Gasteiger charge is 2.25. The lowest BCUT2D eigenvalue weighted by Gasteiger charge is -2.26. The van der Waals surface area contributed by atoms with Crippen LogP contribution in [0.4, 0.5) is 0 Å². The molecule has 126 valence electrons. The topological polar surface area (TPSA) is 63.2 Å². The quantitative estimate of drug-likeness (QED) is 0.848. The average Bonchev–Trinajstić information content (AvgIpc) is 2.53. The molecule has 6 heteroatoms. The molecule has 2 aromatic carbocycles.